The third-order valence-corrected chi connectivity index (χ3v) is 13.8. The molecule has 0 saturated carbocycles. The Morgan fingerprint density at radius 1 is 0.327 bits per heavy atom. The molecule has 0 N–H and O–H groups in total. The summed E-state index contributed by atoms with van der Waals surface area (Å²) < 4.78 is 56.0. The lowest BCUT2D eigenvalue weighted by Crippen LogP contribution is -2.25. The van der Waals surface area contributed by atoms with E-state index in [1.54, 1.807) is 48.5 Å². The van der Waals surface area contributed by atoms with Gasteiger partial charge >= 0.3 is 0 Å². The quantitative estimate of drug-likeness (QED) is 0.180. The van der Waals surface area contributed by atoms with Crippen LogP contribution >= 0.6 is 0 Å². The van der Waals surface area contributed by atoms with E-state index >= 15 is 0 Å². The van der Waals surface area contributed by atoms with Gasteiger partial charge < -0.3 is 14.7 Å². The van der Waals surface area contributed by atoms with Crippen molar-refractivity contribution in [2.75, 3.05) is 14.7 Å². The van der Waals surface area contributed by atoms with Gasteiger partial charge in [0.1, 0.15) is 0 Å². The molecule has 7 nitrogen and oxygen atoms in total. The van der Waals surface area contributed by atoms with E-state index in [1.807, 2.05) is 76.5 Å². The molecule has 7 aromatic rings. The molecule has 3 heterocycles. The van der Waals surface area contributed by atoms with Crippen molar-refractivity contribution in [3.8, 4) is 0 Å². The highest BCUT2D eigenvalue weighted by Crippen LogP contribution is 2.54. The highest BCUT2D eigenvalue weighted by atomic mass is 32.2. The van der Waals surface area contributed by atoms with Gasteiger partial charge in [-0.15, -0.1) is 0 Å². The Bertz CT molecular complexity index is 2560. The molecule has 252 valence electrons. The van der Waals surface area contributed by atoms with E-state index in [0.717, 1.165) is 23.5 Å². The molecule has 7 aromatic carbocycles. The first-order valence-corrected chi connectivity index (χ1v) is 19.9. The van der Waals surface area contributed by atoms with Crippen LogP contribution in [0, 0.1) is 0 Å². The van der Waals surface area contributed by atoms with Crippen LogP contribution in [0.3, 0.4) is 0 Å². The van der Waals surface area contributed by atoms with E-state index in [1.165, 1.54) is 11.1 Å². The number of anilines is 9. The number of nitrogens with zero attached hydrogens (tertiary/aromatic N) is 3. The van der Waals surface area contributed by atoms with Crippen LogP contribution in [0.4, 0.5) is 51.2 Å². The smallest absolute Gasteiger partial charge is 0.210 e. The van der Waals surface area contributed by atoms with E-state index in [4.69, 9.17) is 0 Å². The molecular weight excluding hydrogens is 687 g/mol. The van der Waals surface area contributed by atoms with Crippen molar-refractivity contribution in [3.63, 3.8) is 0 Å². The molecule has 0 saturated heterocycles. The molecule has 0 aliphatic carbocycles. The Morgan fingerprint density at radius 3 is 0.904 bits per heavy atom. The zero-order valence-corrected chi connectivity index (χ0v) is 29.2. The first-order chi connectivity index (χ1) is 25.3. The topological polar surface area (TPSA) is 78.0 Å². The standard InChI is InChI=1S/C43H29N3O4S2/c47-51(48)40-21-9-5-17-36(40)45(37-18-6-10-22-41(37)51)32-26-31(44-34-15-3-1-13-29(34)25-30-14-2-4-16-35(30)44)27-33(28-32)46-38-19-7-11-23-42(38)52(49,50)43-24-12-8-20-39(43)46/h1-24,26-28H,25H2. The van der Waals surface area contributed by atoms with Crippen LogP contribution in [0.1, 0.15) is 11.1 Å². The van der Waals surface area contributed by atoms with E-state index in [-0.39, 0.29) is 19.6 Å². The lowest BCUT2D eigenvalue weighted by molar-refractivity contribution is 0.593. The van der Waals surface area contributed by atoms with Gasteiger partial charge in [0.2, 0.25) is 19.7 Å². The Balaban J connectivity index is 1.31. The maximum Gasteiger partial charge on any atom is 0.210 e. The second-order valence-corrected chi connectivity index (χ2v) is 16.8. The van der Waals surface area contributed by atoms with Crippen molar-refractivity contribution in [2.45, 2.75) is 26.0 Å². The van der Waals surface area contributed by atoms with Gasteiger partial charge in [-0.05, 0) is 90.0 Å². The van der Waals surface area contributed by atoms with E-state index in [0.29, 0.717) is 34.1 Å². The molecule has 10 rings (SSSR count). The number of sulfone groups is 2. The molecule has 52 heavy (non-hydrogen) atoms. The predicted molar refractivity (Wildman–Crippen MR) is 204 cm³/mol. The number of benzene rings is 7. The molecule has 0 fully saturated rings. The van der Waals surface area contributed by atoms with Crippen LogP contribution in [0.2, 0.25) is 0 Å². The maximum atomic E-state index is 14.0. The molecule has 0 spiro atoms. The van der Waals surface area contributed by atoms with Gasteiger partial charge in [-0.1, -0.05) is 84.9 Å². The summed E-state index contributed by atoms with van der Waals surface area (Å²) in [6, 6.07) is 51.2. The van der Waals surface area contributed by atoms with Gasteiger partial charge in [-0.25, -0.2) is 16.8 Å². The minimum Gasteiger partial charge on any atom is -0.310 e. The fourth-order valence-corrected chi connectivity index (χ4v) is 11.1. The molecule has 0 atom stereocenters. The van der Waals surface area contributed by atoms with Crippen molar-refractivity contribution in [3.05, 3.63) is 175 Å². The normalized spacial score (nSPS) is 15.7. The van der Waals surface area contributed by atoms with Gasteiger partial charge in [0.25, 0.3) is 0 Å². The van der Waals surface area contributed by atoms with Crippen molar-refractivity contribution in [2.24, 2.45) is 0 Å². The fraction of sp³-hybridized carbons (Fsp3) is 0.0233. The Hall–Kier alpha value is -6.16. The SMILES string of the molecule is O=S1(=O)c2ccccc2N(c2cc(N3c4ccccc4Cc4ccccc43)cc(N3c4ccccc4S(=O)(=O)c4ccccc43)c2)c2ccccc21. The van der Waals surface area contributed by atoms with Crippen LogP contribution in [0.15, 0.2) is 183 Å². The van der Waals surface area contributed by atoms with Gasteiger partial charge in [-0.2, -0.15) is 0 Å². The summed E-state index contributed by atoms with van der Waals surface area (Å²) in [6.45, 7) is 0. The van der Waals surface area contributed by atoms with Gasteiger partial charge in [0, 0.05) is 17.8 Å². The van der Waals surface area contributed by atoms with Gasteiger partial charge in [-0.3, -0.25) is 0 Å². The lowest BCUT2D eigenvalue weighted by atomic mass is 9.95. The van der Waals surface area contributed by atoms with Crippen LogP contribution in [0.5, 0.6) is 0 Å². The van der Waals surface area contributed by atoms with Crippen molar-refractivity contribution in [1.82, 2.24) is 0 Å². The minimum absolute atomic E-state index is 0.217. The molecule has 0 aromatic heterocycles. The van der Waals surface area contributed by atoms with Crippen molar-refractivity contribution in [1.29, 1.82) is 0 Å². The second-order valence-electron chi connectivity index (χ2n) is 13.0. The molecule has 9 heteroatoms. The molecule has 0 amide bonds. The third kappa shape index (κ3) is 4.36. The van der Waals surface area contributed by atoms with Gasteiger partial charge in [0.15, 0.2) is 0 Å². The summed E-state index contributed by atoms with van der Waals surface area (Å²) in [5.41, 5.74) is 8.81. The summed E-state index contributed by atoms with van der Waals surface area (Å²) in [7, 11) is -7.61. The number of hydrogen-bond donors (Lipinski definition) is 0. The molecule has 3 aliphatic rings. The highest BCUT2D eigenvalue weighted by molar-refractivity contribution is 7.92. The van der Waals surface area contributed by atoms with Crippen LogP contribution in [0.25, 0.3) is 0 Å². The summed E-state index contributed by atoms with van der Waals surface area (Å²) in [4.78, 5) is 7.11. The number of para-hydroxylation sites is 6. The summed E-state index contributed by atoms with van der Waals surface area (Å²) in [5.74, 6) is 0. The van der Waals surface area contributed by atoms with E-state index < -0.39 is 19.7 Å². The number of hydrogen-bond acceptors (Lipinski definition) is 7. The molecular formula is C43H29N3O4S2. The fourth-order valence-electron chi connectivity index (χ4n) is 7.87. The highest BCUT2D eigenvalue weighted by Gasteiger charge is 2.38. The Labute approximate surface area is 302 Å². The number of rotatable bonds is 3. The van der Waals surface area contributed by atoms with Crippen LogP contribution in [-0.2, 0) is 26.1 Å². The molecule has 0 unspecified atom stereocenters. The second kappa shape index (κ2) is 11.2. The largest absolute Gasteiger partial charge is 0.310 e. The summed E-state index contributed by atoms with van der Waals surface area (Å²) >= 11 is 0. The minimum atomic E-state index is -3.81. The lowest BCUT2D eigenvalue weighted by Gasteiger charge is -2.38. The number of fused-ring (bicyclic) bond motifs is 6. The average Bonchev–Trinajstić information content (AvgIpc) is 3.17. The first-order valence-electron chi connectivity index (χ1n) is 16.9. The van der Waals surface area contributed by atoms with Crippen LogP contribution in [-0.4, -0.2) is 16.8 Å². The van der Waals surface area contributed by atoms with Gasteiger partial charge in [0.05, 0.1) is 59.4 Å². The summed E-state index contributed by atoms with van der Waals surface area (Å²) in [5, 5.41) is 0. The Morgan fingerprint density at radius 2 is 0.577 bits per heavy atom. The maximum absolute atomic E-state index is 14.0. The first kappa shape index (κ1) is 30.6. The molecule has 0 radical (unpaired) electrons. The van der Waals surface area contributed by atoms with Crippen molar-refractivity contribution < 1.29 is 16.8 Å². The monoisotopic (exact) mass is 715 g/mol. The van der Waals surface area contributed by atoms with Crippen LogP contribution < -0.4 is 14.7 Å². The summed E-state index contributed by atoms with van der Waals surface area (Å²) in [6.07, 6.45) is 0.783. The Kier molecular flexibility index (Phi) is 6.58. The van der Waals surface area contributed by atoms with E-state index in [9.17, 15) is 16.8 Å². The van der Waals surface area contributed by atoms with E-state index in [2.05, 4.69) is 53.4 Å². The third-order valence-electron chi connectivity index (χ3n) is 10.1. The molecule has 0 bridgehead atoms. The zero-order valence-electron chi connectivity index (χ0n) is 27.6. The predicted octanol–water partition coefficient (Wildman–Crippen LogP) is 10.3. The molecule has 3 aliphatic heterocycles. The van der Waals surface area contributed by atoms with Crippen molar-refractivity contribution >= 4 is 70.9 Å². The average molecular weight is 716 g/mol. The zero-order chi connectivity index (χ0) is 35.2.